The Balaban J connectivity index is 1.64. The van der Waals surface area contributed by atoms with E-state index >= 15 is 0 Å². The molecule has 2 N–H and O–H groups in total. The minimum atomic E-state index is -0.212. The van der Waals surface area contributed by atoms with Crippen molar-refractivity contribution < 1.29 is 4.79 Å². The van der Waals surface area contributed by atoms with Gasteiger partial charge in [0.1, 0.15) is 11.5 Å². The fourth-order valence-corrected chi connectivity index (χ4v) is 2.32. The SMILES string of the molecule is Cc1nc(C(=O)NCCc2c[nH]c3ncccc23)n(C)n1. The normalized spacial score (nSPS) is 11.0. The van der Waals surface area contributed by atoms with Gasteiger partial charge in [-0.3, -0.25) is 4.79 Å². The van der Waals surface area contributed by atoms with Crippen LogP contribution in [0.15, 0.2) is 24.5 Å². The van der Waals surface area contributed by atoms with E-state index in [0.717, 1.165) is 23.0 Å². The lowest BCUT2D eigenvalue weighted by Gasteiger charge is -2.03. The van der Waals surface area contributed by atoms with Crippen LogP contribution in [-0.4, -0.2) is 37.2 Å². The minimum absolute atomic E-state index is 0.212. The van der Waals surface area contributed by atoms with Gasteiger partial charge in [0.25, 0.3) is 5.91 Å². The minimum Gasteiger partial charge on any atom is -0.349 e. The van der Waals surface area contributed by atoms with Gasteiger partial charge in [0, 0.05) is 31.4 Å². The maximum atomic E-state index is 12.0. The highest BCUT2D eigenvalue weighted by Gasteiger charge is 2.13. The third-order valence-electron chi connectivity index (χ3n) is 3.29. The van der Waals surface area contributed by atoms with Crippen LogP contribution in [0.25, 0.3) is 11.0 Å². The van der Waals surface area contributed by atoms with Crippen LogP contribution < -0.4 is 5.32 Å². The molecular formula is C14H16N6O. The molecule has 7 nitrogen and oxygen atoms in total. The number of aryl methyl sites for hydroxylation is 2. The molecule has 0 unspecified atom stereocenters. The highest BCUT2D eigenvalue weighted by molar-refractivity contribution is 5.90. The van der Waals surface area contributed by atoms with Crippen molar-refractivity contribution in [2.75, 3.05) is 6.54 Å². The molecule has 7 heteroatoms. The zero-order valence-electron chi connectivity index (χ0n) is 11.9. The van der Waals surface area contributed by atoms with E-state index in [1.54, 1.807) is 20.2 Å². The average Bonchev–Trinajstić information content (AvgIpc) is 3.02. The lowest BCUT2D eigenvalue weighted by Crippen LogP contribution is -2.28. The number of fused-ring (bicyclic) bond motifs is 1. The summed E-state index contributed by atoms with van der Waals surface area (Å²) in [4.78, 5) is 23.5. The first-order valence-electron chi connectivity index (χ1n) is 6.72. The molecule has 0 spiro atoms. The number of H-pyrrole nitrogens is 1. The van der Waals surface area contributed by atoms with Crippen molar-refractivity contribution >= 4 is 16.9 Å². The standard InChI is InChI=1S/C14H16N6O/c1-9-18-13(20(2)19-9)14(21)16-7-5-10-8-17-12-11(10)4-3-6-15-12/h3-4,6,8H,5,7H2,1-2H3,(H,15,17)(H,16,21). The molecule has 3 aromatic rings. The van der Waals surface area contributed by atoms with Gasteiger partial charge in [-0.2, -0.15) is 5.10 Å². The fraction of sp³-hybridized carbons (Fsp3) is 0.286. The highest BCUT2D eigenvalue weighted by Crippen LogP contribution is 2.15. The van der Waals surface area contributed by atoms with E-state index in [2.05, 4.69) is 25.4 Å². The van der Waals surface area contributed by atoms with Gasteiger partial charge in [0.15, 0.2) is 0 Å². The number of aromatic amines is 1. The first-order chi connectivity index (χ1) is 10.1. The van der Waals surface area contributed by atoms with E-state index in [4.69, 9.17) is 0 Å². The van der Waals surface area contributed by atoms with Gasteiger partial charge in [-0.15, -0.1) is 0 Å². The second-order valence-electron chi connectivity index (χ2n) is 4.83. The Hall–Kier alpha value is -2.70. The van der Waals surface area contributed by atoms with E-state index in [-0.39, 0.29) is 5.91 Å². The van der Waals surface area contributed by atoms with Crippen LogP contribution in [0.1, 0.15) is 22.0 Å². The smallest absolute Gasteiger partial charge is 0.288 e. The average molecular weight is 284 g/mol. The summed E-state index contributed by atoms with van der Waals surface area (Å²) < 4.78 is 1.49. The van der Waals surface area contributed by atoms with Crippen LogP contribution in [-0.2, 0) is 13.5 Å². The zero-order valence-corrected chi connectivity index (χ0v) is 11.9. The van der Waals surface area contributed by atoms with Crippen LogP contribution in [0.5, 0.6) is 0 Å². The number of carbonyl (C=O) groups is 1. The summed E-state index contributed by atoms with van der Waals surface area (Å²) in [6, 6.07) is 3.92. The lowest BCUT2D eigenvalue weighted by molar-refractivity contribution is 0.0939. The fourth-order valence-electron chi connectivity index (χ4n) is 2.32. The van der Waals surface area contributed by atoms with Crippen LogP contribution in [0.4, 0.5) is 0 Å². The zero-order chi connectivity index (χ0) is 14.8. The molecule has 0 fully saturated rings. The summed E-state index contributed by atoms with van der Waals surface area (Å²) in [7, 11) is 1.71. The molecule has 1 amide bonds. The molecule has 3 aromatic heterocycles. The first kappa shape index (κ1) is 13.3. The summed E-state index contributed by atoms with van der Waals surface area (Å²) >= 11 is 0. The van der Waals surface area contributed by atoms with Crippen LogP contribution in [0.2, 0.25) is 0 Å². The Morgan fingerprint density at radius 3 is 3.10 bits per heavy atom. The Morgan fingerprint density at radius 1 is 1.48 bits per heavy atom. The van der Waals surface area contributed by atoms with Crippen molar-refractivity contribution in [3.8, 4) is 0 Å². The van der Waals surface area contributed by atoms with Gasteiger partial charge >= 0.3 is 0 Å². The second kappa shape index (κ2) is 5.35. The van der Waals surface area contributed by atoms with Gasteiger partial charge in [0.05, 0.1) is 0 Å². The Labute approximate surface area is 121 Å². The van der Waals surface area contributed by atoms with Crippen molar-refractivity contribution in [3.63, 3.8) is 0 Å². The number of amides is 1. The first-order valence-corrected chi connectivity index (χ1v) is 6.72. The summed E-state index contributed by atoms with van der Waals surface area (Å²) in [5.74, 6) is 0.703. The number of aromatic nitrogens is 5. The van der Waals surface area contributed by atoms with Crippen molar-refractivity contribution in [2.45, 2.75) is 13.3 Å². The van der Waals surface area contributed by atoms with E-state index < -0.39 is 0 Å². The van der Waals surface area contributed by atoms with Crippen LogP contribution in [0.3, 0.4) is 0 Å². The number of carbonyl (C=O) groups excluding carboxylic acids is 1. The molecule has 0 saturated heterocycles. The van der Waals surface area contributed by atoms with Crippen LogP contribution in [0, 0.1) is 6.92 Å². The van der Waals surface area contributed by atoms with Crippen molar-refractivity contribution in [2.24, 2.45) is 7.05 Å². The van der Waals surface area contributed by atoms with Gasteiger partial charge in [-0.1, -0.05) is 0 Å². The van der Waals surface area contributed by atoms with Gasteiger partial charge in [-0.25, -0.2) is 14.6 Å². The molecule has 21 heavy (non-hydrogen) atoms. The summed E-state index contributed by atoms with van der Waals surface area (Å²) in [5.41, 5.74) is 2.00. The van der Waals surface area contributed by atoms with Gasteiger partial charge in [0.2, 0.25) is 5.82 Å². The third-order valence-corrected chi connectivity index (χ3v) is 3.29. The molecule has 0 saturated carbocycles. The Kier molecular flexibility index (Phi) is 3.39. The number of pyridine rings is 1. The molecule has 3 rings (SSSR count). The molecule has 108 valence electrons. The Bertz CT molecular complexity index is 788. The number of hydrogen-bond acceptors (Lipinski definition) is 4. The maximum Gasteiger partial charge on any atom is 0.288 e. The monoisotopic (exact) mass is 284 g/mol. The van der Waals surface area contributed by atoms with E-state index in [1.807, 2.05) is 18.3 Å². The number of nitrogens with one attached hydrogen (secondary N) is 2. The molecule has 0 atom stereocenters. The largest absolute Gasteiger partial charge is 0.349 e. The molecule has 0 bridgehead atoms. The highest BCUT2D eigenvalue weighted by atomic mass is 16.2. The van der Waals surface area contributed by atoms with Crippen molar-refractivity contribution in [1.29, 1.82) is 0 Å². The van der Waals surface area contributed by atoms with Gasteiger partial charge < -0.3 is 10.3 Å². The molecular weight excluding hydrogens is 268 g/mol. The third kappa shape index (κ3) is 2.62. The van der Waals surface area contributed by atoms with E-state index in [9.17, 15) is 4.79 Å². The van der Waals surface area contributed by atoms with E-state index in [0.29, 0.717) is 18.2 Å². The predicted molar refractivity (Wildman–Crippen MR) is 77.9 cm³/mol. The number of rotatable bonds is 4. The molecule has 0 aliphatic rings. The summed E-state index contributed by atoms with van der Waals surface area (Å²) in [6.45, 7) is 2.29. The molecule has 0 aromatic carbocycles. The lowest BCUT2D eigenvalue weighted by atomic mass is 10.1. The van der Waals surface area contributed by atoms with Crippen molar-refractivity contribution in [3.05, 3.63) is 41.7 Å². The predicted octanol–water partition coefficient (Wildman–Crippen LogP) is 0.972. The quantitative estimate of drug-likeness (QED) is 0.747. The molecule has 0 radical (unpaired) electrons. The number of nitrogens with zero attached hydrogens (tertiary/aromatic N) is 4. The number of hydrogen-bond donors (Lipinski definition) is 2. The second-order valence-corrected chi connectivity index (χ2v) is 4.83. The maximum absolute atomic E-state index is 12.0. The topological polar surface area (TPSA) is 88.5 Å². The summed E-state index contributed by atoms with van der Waals surface area (Å²) in [5, 5.41) is 8.01. The van der Waals surface area contributed by atoms with E-state index in [1.165, 1.54) is 4.68 Å². The van der Waals surface area contributed by atoms with Crippen LogP contribution >= 0.6 is 0 Å². The Morgan fingerprint density at radius 2 is 2.33 bits per heavy atom. The van der Waals surface area contributed by atoms with Gasteiger partial charge in [-0.05, 0) is 31.0 Å². The molecule has 0 aliphatic carbocycles. The van der Waals surface area contributed by atoms with Crippen molar-refractivity contribution in [1.82, 2.24) is 30.0 Å². The molecule has 3 heterocycles. The molecule has 0 aliphatic heterocycles. The summed E-state index contributed by atoms with van der Waals surface area (Å²) in [6.07, 6.45) is 4.41.